The molecule has 6 nitrogen and oxygen atoms in total. The molecular weight excluding hydrogens is 384 g/mol. The molecule has 1 aromatic heterocycles. The van der Waals surface area contributed by atoms with Crippen molar-refractivity contribution in [2.75, 3.05) is 20.3 Å². The van der Waals surface area contributed by atoms with Crippen molar-refractivity contribution in [1.29, 1.82) is 0 Å². The molecule has 0 radical (unpaired) electrons. The van der Waals surface area contributed by atoms with Crippen molar-refractivity contribution >= 4 is 18.1 Å². The lowest BCUT2D eigenvalue weighted by Crippen LogP contribution is -2.34. The van der Waals surface area contributed by atoms with E-state index in [1.807, 2.05) is 71.0 Å². The minimum atomic E-state index is 0.0591. The number of nitrogens with one attached hydrogen (secondary N) is 1. The van der Waals surface area contributed by atoms with Gasteiger partial charge in [-0.2, -0.15) is 5.10 Å². The van der Waals surface area contributed by atoms with E-state index in [-0.39, 0.29) is 5.91 Å². The van der Waals surface area contributed by atoms with E-state index in [9.17, 15) is 4.79 Å². The first-order valence-electron chi connectivity index (χ1n) is 9.61. The fraction of sp³-hybridized carbons (Fsp3) is 0.318. The van der Waals surface area contributed by atoms with E-state index in [1.54, 1.807) is 7.11 Å². The van der Waals surface area contributed by atoms with Crippen LogP contribution in [-0.4, -0.2) is 45.8 Å². The molecule has 3 aromatic rings. The second-order valence-corrected chi connectivity index (χ2v) is 7.30. The molecular formula is C22H26N4O2S. The fourth-order valence-electron chi connectivity index (χ4n) is 3.11. The third kappa shape index (κ3) is 5.62. The number of nitrogens with zero attached hydrogens (tertiary/aromatic N) is 3. The van der Waals surface area contributed by atoms with Gasteiger partial charge in [0.05, 0.1) is 6.61 Å². The van der Waals surface area contributed by atoms with E-state index in [1.165, 1.54) is 5.56 Å². The minimum absolute atomic E-state index is 0.0591. The summed E-state index contributed by atoms with van der Waals surface area (Å²) in [5.74, 6) is 0.804. The van der Waals surface area contributed by atoms with E-state index in [0.717, 1.165) is 17.0 Å². The zero-order valence-electron chi connectivity index (χ0n) is 16.8. The normalized spacial score (nSPS) is 10.8. The summed E-state index contributed by atoms with van der Waals surface area (Å²) in [6, 6.07) is 18.1. The second kappa shape index (κ2) is 10.1. The summed E-state index contributed by atoms with van der Waals surface area (Å²) in [7, 11) is 1.64. The number of aromatic amines is 1. The molecule has 1 amide bonds. The van der Waals surface area contributed by atoms with Crippen molar-refractivity contribution in [2.45, 2.75) is 26.4 Å². The maximum atomic E-state index is 12.9. The molecule has 2 aromatic carbocycles. The Morgan fingerprint density at radius 1 is 1.17 bits per heavy atom. The average Bonchev–Trinajstić information content (AvgIpc) is 3.11. The largest absolute Gasteiger partial charge is 0.383 e. The lowest BCUT2D eigenvalue weighted by Gasteiger charge is -2.23. The lowest BCUT2D eigenvalue weighted by molar-refractivity contribution is -0.132. The van der Waals surface area contributed by atoms with Gasteiger partial charge in [0.25, 0.3) is 0 Å². The molecule has 0 saturated carbocycles. The van der Waals surface area contributed by atoms with Gasteiger partial charge in [0.1, 0.15) is 0 Å². The van der Waals surface area contributed by atoms with Gasteiger partial charge >= 0.3 is 0 Å². The van der Waals surface area contributed by atoms with Crippen LogP contribution in [0.1, 0.15) is 17.5 Å². The van der Waals surface area contributed by atoms with Gasteiger partial charge in [-0.3, -0.25) is 14.5 Å². The fourth-order valence-corrected chi connectivity index (χ4v) is 3.33. The first-order chi connectivity index (χ1) is 14.1. The zero-order valence-corrected chi connectivity index (χ0v) is 17.6. The Kier molecular flexibility index (Phi) is 7.32. The highest BCUT2D eigenvalue weighted by atomic mass is 32.1. The van der Waals surface area contributed by atoms with Gasteiger partial charge in [0.15, 0.2) is 10.6 Å². The Balaban J connectivity index is 1.72. The number of rotatable bonds is 9. The number of benzene rings is 2. The first-order valence-corrected chi connectivity index (χ1v) is 10.0. The number of aryl methyl sites for hydroxylation is 1. The van der Waals surface area contributed by atoms with Crippen LogP contribution in [0.15, 0.2) is 54.6 Å². The maximum absolute atomic E-state index is 12.9. The van der Waals surface area contributed by atoms with Crippen LogP contribution >= 0.6 is 12.2 Å². The number of amides is 1. The third-order valence-electron chi connectivity index (χ3n) is 4.75. The van der Waals surface area contributed by atoms with Gasteiger partial charge in [0.2, 0.25) is 5.91 Å². The minimum Gasteiger partial charge on any atom is -0.383 e. The summed E-state index contributed by atoms with van der Waals surface area (Å²) in [6.07, 6.45) is 0.337. The van der Waals surface area contributed by atoms with E-state index in [0.29, 0.717) is 37.4 Å². The number of hydrogen-bond acceptors (Lipinski definition) is 4. The summed E-state index contributed by atoms with van der Waals surface area (Å²) >= 11 is 5.39. The first kappa shape index (κ1) is 21.0. The van der Waals surface area contributed by atoms with E-state index >= 15 is 0 Å². The molecule has 0 aliphatic carbocycles. The zero-order chi connectivity index (χ0) is 20.6. The van der Waals surface area contributed by atoms with Crippen molar-refractivity contribution in [3.63, 3.8) is 0 Å². The second-order valence-electron chi connectivity index (χ2n) is 6.91. The standard InChI is InChI=1S/C22H26N4O2S/c1-17-8-10-19(11-9-17)21-23-24-22(29)26(21)13-12-20(27)25(14-15-28-2)16-18-6-4-3-5-7-18/h3-11H,12-16H2,1-2H3,(H,24,29). The number of carbonyl (C=O) groups is 1. The topological polar surface area (TPSA) is 63.1 Å². The van der Waals surface area contributed by atoms with Crippen LogP contribution in [0.25, 0.3) is 11.4 Å². The molecule has 29 heavy (non-hydrogen) atoms. The van der Waals surface area contributed by atoms with Crippen molar-refractivity contribution in [1.82, 2.24) is 19.7 Å². The molecule has 0 aliphatic rings. The van der Waals surface area contributed by atoms with Gasteiger partial charge in [-0.05, 0) is 24.7 Å². The Morgan fingerprint density at radius 2 is 1.90 bits per heavy atom. The number of H-pyrrole nitrogens is 1. The molecule has 0 unspecified atom stereocenters. The summed E-state index contributed by atoms with van der Waals surface area (Å²) in [5.41, 5.74) is 3.24. The van der Waals surface area contributed by atoms with E-state index in [4.69, 9.17) is 17.0 Å². The van der Waals surface area contributed by atoms with E-state index < -0.39 is 0 Å². The third-order valence-corrected chi connectivity index (χ3v) is 5.06. The van der Waals surface area contributed by atoms with Crippen molar-refractivity contribution in [2.24, 2.45) is 0 Å². The number of ether oxygens (including phenoxy) is 1. The molecule has 1 heterocycles. The predicted octanol–water partition coefficient (Wildman–Crippen LogP) is 3.98. The summed E-state index contributed by atoms with van der Waals surface area (Å²) in [6.45, 7) is 4.12. The number of aromatic nitrogens is 3. The van der Waals surface area contributed by atoms with Gasteiger partial charge in [-0.25, -0.2) is 0 Å². The molecule has 0 aliphatic heterocycles. The van der Waals surface area contributed by atoms with Crippen LogP contribution in [0.2, 0.25) is 0 Å². The smallest absolute Gasteiger partial charge is 0.224 e. The molecule has 0 atom stereocenters. The van der Waals surface area contributed by atoms with Crippen LogP contribution in [0.3, 0.4) is 0 Å². The van der Waals surface area contributed by atoms with Gasteiger partial charge < -0.3 is 9.64 Å². The SMILES string of the molecule is COCCN(Cc1ccccc1)C(=O)CCn1c(-c2ccc(C)cc2)n[nH]c1=S. The molecule has 7 heteroatoms. The molecule has 1 N–H and O–H groups in total. The number of methoxy groups -OCH3 is 1. The van der Waals surface area contributed by atoms with Crippen LogP contribution in [0.4, 0.5) is 0 Å². The summed E-state index contributed by atoms with van der Waals surface area (Å²) in [4.78, 5) is 14.8. The Morgan fingerprint density at radius 3 is 2.59 bits per heavy atom. The Hall–Kier alpha value is -2.77. The monoisotopic (exact) mass is 410 g/mol. The van der Waals surface area contributed by atoms with Crippen molar-refractivity contribution < 1.29 is 9.53 Å². The molecule has 0 fully saturated rings. The molecule has 3 rings (SSSR count). The van der Waals surface area contributed by atoms with Crippen LogP contribution < -0.4 is 0 Å². The highest BCUT2D eigenvalue weighted by Gasteiger charge is 2.16. The van der Waals surface area contributed by atoms with Crippen molar-refractivity contribution in [3.05, 3.63) is 70.5 Å². The average molecular weight is 411 g/mol. The summed E-state index contributed by atoms with van der Waals surface area (Å²) < 4.78 is 7.58. The van der Waals surface area contributed by atoms with Crippen LogP contribution in [0.5, 0.6) is 0 Å². The predicted molar refractivity (Wildman–Crippen MR) is 116 cm³/mol. The summed E-state index contributed by atoms with van der Waals surface area (Å²) in [5, 5.41) is 7.20. The van der Waals surface area contributed by atoms with E-state index in [2.05, 4.69) is 10.2 Å². The quantitative estimate of drug-likeness (QED) is 0.542. The highest BCUT2D eigenvalue weighted by Crippen LogP contribution is 2.18. The van der Waals surface area contributed by atoms with Crippen LogP contribution in [0, 0.1) is 11.7 Å². The molecule has 152 valence electrons. The van der Waals surface area contributed by atoms with Gasteiger partial charge in [-0.15, -0.1) is 0 Å². The van der Waals surface area contributed by atoms with Crippen LogP contribution in [-0.2, 0) is 22.6 Å². The lowest BCUT2D eigenvalue weighted by atomic mass is 10.1. The highest BCUT2D eigenvalue weighted by molar-refractivity contribution is 7.71. The molecule has 0 bridgehead atoms. The van der Waals surface area contributed by atoms with Crippen molar-refractivity contribution in [3.8, 4) is 11.4 Å². The number of carbonyl (C=O) groups excluding carboxylic acids is 1. The van der Waals surface area contributed by atoms with Gasteiger partial charge in [-0.1, -0.05) is 60.2 Å². The van der Waals surface area contributed by atoms with Gasteiger partial charge in [0, 0.05) is 38.7 Å². The molecule has 0 spiro atoms. The number of hydrogen-bond donors (Lipinski definition) is 1. The Labute approximate surface area is 176 Å². The maximum Gasteiger partial charge on any atom is 0.224 e. The Bertz CT molecular complexity index is 980. The molecule has 0 saturated heterocycles.